The van der Waals surface area contributed by atoms with Gasteiger partial charge >= 0.3 is 0 Å². The van der Waals surface area contributed by atoms with Crippen LogP contribution in [0.5, 0.6) is 0 Å². The zero-order valence-electron chi connectivity index (χ0n) is 15.9. The van der Waals surface area contributed by atoms with E-state index in [1.165, 1.54) is 68.6 Å². The number of thioether (sulfide) groups is 1. The van der Waals surface area contributed by atoms with Gasteiger partial charge in [-0.25, -0.2) is 0 Å². The van der Waals surface area contributed by atoms with E-state index in [1.54, 1.807) is 0 Å². The summed E-state index contributed by atoms with van der Waals surface area (Å²) in [6.45, 7) is 5.50. The second-order valence-electron chi connectivity index (χ2n) is 8.46. The van der Waals surface area contributed by atoms with Crippen molar-refractivity contribution in [3.63, 3.8) is 0 Å². The van der Waals surface area contributed by atoms with Crippen molar-refractivity contribution in [2.75, 3.05) is 12.3 Å². The Bertz CT molecular complexity index is 514. The van der Waals surface area contributed by atoms with Crippen LogP contribution in [-0.4, -0.2) is 40.5 Å². The van der Waals surface area contributed by atoms with Gasteiger partial charge in [0.25, 0.3) is 0 Å². The fourth-order valence-electron chi connectivity index (χ4n) is 5.70. The normalized spacial score (nSPS) is 39.1. The molecule has 2 aliphatic heterocycles. The van der Waals surface area contributed by atoms with E-state index in [0.717, 1.165) is 18.4 Å². The number of aliphatic imine (C=N–C) groups is 1. The lowest BCUT2D eigenvalue weighted by Crippen LogP contribution is -2.48. The third kappa shape index (κ3) is 3.50. The van der Waals surface area contributed by atoms with Crippen LogP contribution in [0, 0.1) is 17.8 Å². The Morgan fingerprint density at radius 1 is 1.12 bits per heavy atom. The largest absolute Gasteiger partial charge is 0.283 e. The highest BCUT2D eigenvalue weighted by atomic mass is 32.2. The first kappa shape index (κ1) is 17.8. The second kappa shape index (κ2) is 7.98. The lowest BCUT2D eigenvalue weighted by molar-refractivity contribution is 0.0883. The molecule has 2 aliphatic carbocycles. The molecule has 0 bridgehead atoms. The molecular formula is C20H34N4S. The van der Waals surface area contributed by atoms with Crippen molar-refractivity contribution in [1.29, 1.82) is 0 Å². The molecule has 0 aromatic rings. The molecule has 25 heavy (non-hydrogen) atoms. The fraction of sp³-hybridized carbons (Fsp3) is 0.950. The molecular weight excluding hydrogens is 328 g/mol. The topological polar surface area (TPSA) is 40.3 Å². The third-order valence-corrected chi connectivity index (χ3v) is 8.26. The molecule has 0 amide bonds. The Labute approximate surface area is 157 Å². The van der Waals surface area contributed by atoms with Crippen molar-refractivity contribution in [2.45, 2.75) is 89.8 Å². The van der Waals surface area contributed by atoms with Crippen molar-refractivity contribution < 1.29 is 0 Å². The van der Waals surface area contributed by atoms with E-state index in [9.17, 15) is 0 Å². The highest BCUT2D eigenvalue weighted by Crippen LogP contribution is 2.46. The number of hydrogen-bond donors (Lipinski definition) is 0. The minimum atomic E-state index is 0.448. The molecule has 0 spiro atoms. The van der Waals surface area contributed by atoms with Gasteiger partial charge in [0.2, 0.25) is 0 Å². The predicted octanol–water partition coefficient (Wildman–Crippen LogP) is 5.35. The average molecular weight is 363 g/mol. The van der Waals surface area contributed by atoms with E-state index in [0.29, 0.717) is 24.0 Å². The van der Waals surface area contributed by atoms with Gasteiger partial charge in [-0.1, -0.05) is 50.2 Å². The summed E-state index contributed by atoms with van der Waals surface area (Å²) in [7, 11) is 0. The molecule has 4 nitrogen and oxygen atoms in total. The maximum atomic E-state index is 4.93. The first-order valence-corrected chi connectivity index (χ1v) is 11.6. The first-order valence-electron chi connectivity index (χ1n) is 10.7. The Morgan fingerprint density at radius 2 is 1.88 bits per heavy atom. The maximum Gasteiger partial charge on any atom is 0.0949 e. The van der Waals surface area contributed by atoms with Crippen molar-refractivity contribution >= 4 is 16.8 Å². The number of rotatable bonds is 4. The summed E-state index contributed by atoms with van der Waals surface area (Å²) in [4.78, 5) is 4.93. The Balaban J connectivity index is 1.54. The summed E-state index contributed by atoms with van der Waals surface area (Å²) >= 11 is 2.04. The lowest BCUT2D eigenvalue weighted by atomic mass is 9.73. The SMILES string of the molecule is CCN=C1SCC(C2CCCCC2)C1C(C)N1N=NC2CCCCC21. The molecule has 2 saturated carbocycles. The molecule has 5 atom stereocenters. The van der Waals surface area contributed by atoms with Crippen molar-refractivity contribution in [1.82, 2.24) is 5.01 Å². The third-order valence-electron chi connectivity index (χ3n) is 7.01. The van der Waals surface area contributed by atoms with Gasteiger partial charge in [0.15, 0.2) is 0 Å². The van der Waals surface area contributed by atoms with E-state index in [-0.39, 0.29) is 0 Å². The molecule has 1 saturated heterocycles. The quantitative estimate of drug-likeness (QED) is 0.676. The van der Waals surface area contributed by atoms with Gasteiger partial charge in [-0.3, -0.25) is 10.0 Å². The standard InChI is InChI=1S/C20H34N4S/c1-3-21-20-19(16(13-25-20)15-9-5-4-6-10-15)14(2)24-18-12-8-7-11-17(18)22-23-24/h14-19H,3-13H2,1-2H3. The molecule has 5 heteroatoms. The number of hydrogen-bond acceptors (Lipinski definition) is 5. The smallest absolute Gasteiger partial charge is 0.0949 e. The first-order chi connectivity index (χ1) is 12.3. The summed E-state index contributed by atoms with van der Waals surface area (Å²) in [6, 6.07) is 1.47. The van der Waals surface area contributed by atoms with E-state index in [1.807, 2.05) is 11.8 Å². The average Bonchev–Trinajstić information content (AvgIpc) is 3.26. The summed E-state index contributed by atoms with van der Waals surface area (Å²) in [5.74, 6) is 3.55. The van der Waals surface area contributed by atoms with Crippen LogP contribution in [0.15, 0.2) is 15.3 Å². The lowest BCUT2D eigenvalue weighted by Gasteiger charge is -2.39. The summed E-state index contributed by atoms with van der Waals surface area (Å²) < 4.78 is 0. The molecule has 5 unspecified atom stereocenters. The zero-order valence-corrected chi connectivity index (χ0v) is 16.8. The highest BCUT2D eigenvalue weighted by molar-refractivity contribution is 8.14. The van der Waals surface area contributed by atoms with Gasteiger partial charge in [-0.2, -0.15) is 5.11 Å². The van der Waals surface area contributed by atoms with Crippen LogP contribution in [0.3, 0.4) is 0 Å². The van der Waals surface area contributed by atoms with E-state index < -0.39 is 0 Å². The van der Waals surface area contributed by atoms with Gasteiger partial charge in [0, 0.05) is 18.2 Å². The van der Waals surface area contributed by atoms with E-state index in [4.69, 9.17) is 10.2 Å². The van der Waals surface area contributed by atoms with Crippen molar-refractivity contribution in [3.05, 3.63) is 0 Å². The van der Waals surface area contributed by atoms with Crippen LogP contribution in [0.4, 0.5) is 0 Å². The van der Waals surface area contributed by atoms with Crippen LogP contribution in [0.1, 0.15) is 71.6 Å². The molecule has 0 N–H and O–H groups in total. The molecule has 0 aromatic carbocycles. The Morgan fingerprint density at radius 3 is 2.68 bits per heavy atom. The molecule has 0 radical (unpaired) electrons. The van der Waals surface area contributed by atoms with Gasteiger partial charge in [-0.05, 0) is 38.5 Å². The van der Waals surface area contributed by atoms with Crippen LogP contribution in [-0.2, 0) is 0 Å². The summed E-state index contributed by atoms with van der Waals surface area (Å²) in [5.41, 5.74) is 0. The Kier molecular flexibility index (Phi) is 5.68. The minimum Gasteiger partial charge on any atom is -0.283 e. The second-order valence-corrected chi connectivity index (χ2v) is 9.50. The molecule has 2 heterocycles. The van der Waals surface area contributed by atoms with Crippen LogP contribution in [0.2, 0.25) is 0 Å². The van der Waals surface area contributed by atoms with Crippen LogP contribution < -0.4 is 0 Å². The highest BCUT2D eigenvalue weighted by Gasteiger charge is 2.47. The maximum absolute atomic E-state index is 4.93. The van der Waals surface area contributed by atoms with Crippen LogP contribution in [0.25, 0.3) is 0 Å². The summed E-state index contributed by atoms with van der Waals surface area (Å²) in [6.07, 6.45) is 12.3. The molecule has 4 rings (SSSR count). The van der Waals surface area contributed by atoms with Crippen molar-refractivity contribution in [2.24, 2.45) is 33.1 Å². The monoisotopic (exact) mass is 362 g/mol. The van der Waals surface area contributed by atoms with Crippen LogP contribution >= 0.6 is 11.8 Å². The van der Waals surface area contributed by atoms with E-state index >= 15 is 0 Å². The fourth-order valence-corrected chi connectivity index (χ4v) is 7.33. The number of fused-ring (bicyclic) bond motifs is 1. The van der Waals surface area contributed by atoms with E-state index in [2.05, 4.69) is 24.0 Å². The number of nitrogens with zero attached hydrogens (tertiary/aromatic N) is 4. The molecule has 0 aromatic heterocycles. The zero-order chi connectivity index (χ0) is 17.2. The minimum absolute atomic E-state index is 0.448. The summed E-state index contributed by atoms with van der Waals surface area (Å²) in [5, 5.41) is 13.2. The molecule has 140 valence electrons. The molecule has 4 aliphatic rings. The van der Waals surface area contributed by atoms with Gasteiger partial charge < -0.3 is 0 Å². The van der Waals surface area contributed by atoms with Crippen molar-refractivity contribution in [3.8, 4) is 0 Å². The van der Waals surface area contributed by atoms with Gasteiger partial charge in [0.05, 0.1) is 23.2 Å². The van der Waals surface area contributed by atoms with Gasteiger partial charge in [-0.15, -0.1) is 11.8 Å². The Hall–Kier alpha value is -0.580. The predicted molar refractivity (Wildman–Crippen MR) is 106 cm³/mol. The van der Waals surface area contributed by atoms with Gasteiger partial charge in [0.1, 0.15) is 0 Å². The molecule has 3 fully saturated rings.